The number of hydrogen-bond donors (Lipinski definition) is 2. The van der Waals surface area contributed by atoms with E-state index in [4.69, 9.17) is 5.73 Å². The van der Waals surface area contributed by atoms with Crippen molar-refractivity contribution in [3.8, 4) is 0 Å². The maximum absolute atomic E-state index is 13.0. The Morgan fingerprint density at radius 1 is 1.25 bits per heavy atom. The van der Waals surface area contributed by atoms with Crippen molar-refractivity contribution in [1.82, 2.24) is 10.2 Å². The zero-order chi connectivity index (χ0) is 16.9. The molecule has 5 nitrogen and oxygen atoms in total. The minimum atomic E-state index is -0.0259. The van der Waals surface area contributed by atoms with Crippen molar-refractivity contribution in [1.29, 1.82) is 0 Å². The van der Waals surface area contributed by atoms with Crippen molar-refractivity contribution < 1.29 is 9.59 Å². The molecule has 1 aliphatic carbocycles. The molecule has 2 amide bonds. The lowest BCUT2D eigenvalue weighted by Crippen LogP contribution is -2.49. The zero-order valence-corrected chi connectivity index (χ0v) is 15.0. The fourth-order valence-corrected chi connectivity index (χ4v) is 4.88. The monoisotopic (exact) mass is 349 g/mol. The van der Waals surface area contributed by atoms with Crippen LogP contribution in [0.3, 0.4) is 0 Å². The highest BCUT2D eigenvalue weighted by Gasteiger charge is 2.29. The van der Waals surface area contributed by atoms with Gasteiger partial charge >= 0.3 is 0 Å². The number of rotatable bonds is 5. The first-order chi connectivity index (χ1) is 11.7. The third kappa shape index (κ3) is 3.98. The SMILES string of the molecule is NCCC(=O)NCC1CCCCN1C(=O)c1cc2c(s1)CCCC2. The maximum Gasteiger partial charge on any atom is 0.264 e. The van der Waals surface area contributed by atoms with Crippen LogP contribution in [0.15, 0.2) is 6.07 Å². The summed E-state index contributed by atoms with van der Waals surface area (Å²) in [6, 6.07) is 2.22. The Morgan fingerprint density at radius 3 is 2.88 bits per heavy atom. The Morgan fingerprint density at radius 2 is 2.08 bits per heavy atom. The van der Waals surface area contributed by atoms with Crippen LogP contribution in [0.2, 0.25) is 0 Å². The van der Waals surface area contributed by atoms with Gasteiger partial charge in [-0.1, -0.05) is 0 Å². The highest BCUT2D eigenvalue weighted by atomic mass is 32.1. The van der Waals surface area contributed by atoms with Crippen LogP contribution in [0, 0.1) is 0 Å². The van der Waals surface area contributed by atoms with Gasteiger partial charge in [0.2, 0.25) is 5.91 Å². The lowest BCUT2D eigenvalue weighted by atomic mass is 9.98. The molecule has 1 unspecified atom stereocenters. The molecular weight excluding hydrogens is 322 g/mol. The summed E-state index contributed by atoms with van der Waals surface area (Å²) in [5.74, 6) is 0.120. The quantitative estimate of drug-likeness (QED) is 0.855. The Balaban J connectivity index is 1.66. The van der Waals surface area contributed by atoms with Gasteiger partial charge in [0.25, 0.3) is 5.91 Å². The van der Waals surface area contributed by atoms with Crippen LogP contribution in [-0.4, -0.2) is 42.4 Å². The van der Waals surface area contributed by atoms with Crippen LogP contribution in [0.4, 0.5) is 0 Å². The largest absolute Gasteiger partial charge is 0.354 e. The van der Waals surface area contributed by atoms with Crippen molar-refractivity contribution >= 4 is 23.2 Å². The molecule has 1 atom stereocenters. The first-order valence-electron chi connectivity index (χ1n) is 9.08. The first kappa shape index (κ1) is 17.4. The summed E-state index contributed by atoms with van der Waals surface area (Å²) in [4.78, 5) is 28.9. The Kier molecular flexibility index (Phi) is 5.89. The summed E-state index contributed by atoms with van der Waals surface area (Å²) in [6.07, 6.45) is 8.16. The first-order valence-corrected chi connectivity index (χ1v) is 9.90. The van der Waals surface area contributed by atoms with Crippen LogP contribution in [0.25, 0.3) is 0 Å². The minimum Gasteiger partial charge on any atom is -0.354 e. The number of carbonyl (C=O) groups is 2. The number of thiophene rings is 1. The third-order valence-electron chi connectivity index (χ3n) is 5.00. The summed E-state index contributed by atoms with van der Waals surface area (Å²) >= 11 is 1.68. The van der Waals surface area contributed by atoms with Crippen molar-refractivity contribution in [3.05, 3.63) is 21.4 Å². The summed E-state index contributed by atoms with van der Waals surface area (Å²) in [7, 11) is 0. The lowest BCUT2D eigenvalue weighted by molar-refractivity contribution is -0.121. The minimum absolute atomic E-state index is 0.0259. The van der Waals surface area contributed by atoms with Crippen LogP contribution in [0.1, 0.15) is 58.6 Å². The molecule has 0 spiro atoms. The van der Waals surface area contributed by atoms with Crippen molar-refractivity contribution in [2.24, 2.45) is 5.73 Å². The predicted molar refractivity (Wildman–Crippen MR) is 96.3 cm³/mol. The molecule has 0 bridgehead atoms. The van der Waals surface area contributed by atoms with Gasteiger partial charge in [-0.2, -0.15) is 0 Å². The number of nitrogens with one attached hydrogen (secondary N) is 1. The number of amides is 2. The molecule has 1 aromatic rings. The van der Waals surface area contributed by atoms with E-state index in [0.717, 1.165) is 43.5 Å². The molecule has 0 radical (unpaired) electrons. The zero-order valence-electron chi connectivity index (χ0n) is 14.2. The number of fused-ring (bicyclic) bond motifs is 1. The summed E-state index contributed by atoms with van der Waals surface area (Å²) in [6.45, 7) is 1.69. The molecule has 1 aromatic heterocycles. The Labute approximate surface area is 147 Å². The number of aryl methyl sites for hydroxylation is 2. The second-order valence-corrected chi connectivity index (χ2v) is 7.89. The van der Waals surface area contributed by atoms with E-state index >= 15 is 0 Å². The summed E-state index contributed by atoms with van der Waals surface area (Å²) < 4.78 is 0. The van der Waals surface area contributed by atoms with Crippen LogP contribution in [-0.2, 0) is 17.6 Å². The van der Waals surface area contributed by atoms with Crippen LogP contribution >= 0.6 is 11.3 Å². The van der Waals surface area contributed by atoms with Gasteiger partial charge in [-0.3, -0.25) is 9.59 Å². The lowest BCUT2D eigenvalue weighted by Gasteiger charge is -2.35. The van der Waals surface area contributed by atoms with E-state index in [1.54, 1.807) is 11.3 Å². The molecule has 2 aliphatic rings. The van der Waals surface area contributed by atoms with Gasteiger partial charge in [-0.25, -0.2) is 0 Å². The fraction of sp³-hybridized carbons (Fsp3) is 0.667. The van der Waals surface area contributed by atoms with E-state index in [1.807, 2.05) is 4.90 Å². The standard InChI is InChI=1S/C18H27N3O2S/c19-9-8-17(22)20-12-14-6-3-4-10-21(14)18(23)16-11-13-5-1-2-7-15(13)24-16/h11,14H,1-10,12,19H2,(H,20,22). The number of piperidine rings is 1. The normalized spacial score (nSPS) is 20.5. The van der Waals surface area contributed by atoms with Crippen LogP contribution < -0.4 is 11.1 Å². The van der Waals surface area contributed by atoms with Gasteiger partial charge in [0, 0.05) is 37.0 Å². The number of nitrogens with two attached hydrogens (primary N) is 1. The van der Waals surface area contributed by atoms with Crippen molar-refractivity contribution in [3.63, 3.8) is 0 Å². The van der Waals surface area contributed by atoms with E-state index in [1.165, 1.54) is 23.3 Å². The van der Waals surface area contributed by atoms with Gasteiger partial charge < -0.3 is 16.0 Å². The molecule has 6 heteroatoms. The number of hydrogen-bond acceptors (Lipinski definition) is 4. The summed E-state index contributed by atoms with van der Waals surface area (Å²) in [5.41, 5.74) is 6.79. The Hall–Kier alpha value is -1.40. The van der Waals surface area contributed by atoms with Crippen molar-refractivity contribution in [2.45, 2.75) is 57.4 Å². The number of likely N-dealkylation sites (tertiary alicyclic amines) is 1. The van der Waals surface area contributed by atoms with Gasteiger partial charge in [0.15, 0.2) is 0 Å². The van der Waals surface area contributed by atoms with Crippen LogP contribution in [0.5, 0.6) is 0 Å². The van der Waals surface area contributed by atoms with Gasteiger partial charge in [-0.05, 0) is 56.6 Å². The van der Waals surface area contributed by atoms with E-state index in [0.29, 0.717) is 19.5 Å². The average Bonchev–Trinajstić information content (AvgIpc) is 3.04. The highest BCUT2D eigenvalue weighted by Crippen LogP contribution is 2.31. The number of nitrogens with zero attached hydrogens (tertiary/aromatic N) is 1. The predicted octanol–water partition coefficient (Wildman–Crippen LogP) is 2.09. The fourth-order valence-electron chi connectivity index (χ4n) is 3.67. The van der Waals surface area contributed by atoms with E-state index in [9.17, 15) is 9.59 Å². The molecule has 2 heterocycles. The van der Waals surface area contributed by atoms with Gasteiger partial charge in [0.05, 0.1) is 4.88 Å². The molecule has 0 saturated carbocycles. The molecule has 24 heavy (non-hydrogen) atoms. The van der Waals surface area contributed by atoms with E-state index < -0.39 is 0 Å². The maximum atomic E-state index is 13.0. The van der Waals surface area contributed by atoms with E-state index in [-0.39, 0.29) is 17.9 Å². The van der Waals surface area contributed by atoms with Crippen molar-refractivity contribution in [2.75, 3.05) is 19.6 Å². The topological polar surface area (TPSA) is 75.4 Å². The summed E-state index contributed by atoms with van der Waals surface area (Å²) in [5, 5.41) is 2.93. The molecular formula is C18H27N3O2S. The molecule has 1 aliphatic heterocycles. The molecule has 3 N–H and O–H groups in total. The highest BCUT2D eigenvalue weighted by molar-refractivity contribution is 7.14. The molecule has 1 fully saturated rings. The molecule has 1 saturated heterocycles. The molecule has 132 valence electrons. The average molecular weight is 350 g/mol. The number of carbonyl (C=O) groups excluding carboxylic acids is 2. The molecule has 3 rings (SSSR count). The van der Waals surface area contributed by atoms with Gasteiger partial charge in [-0.15, -0.1) is 11.3 Å². The smallest absolute Gasteiger partial charge is 0.264 e. The van der Waals surface area contributed by atoms with E-state index in [2.05, 4.69) is 11.4 Å². The molecule has 0 aromatic carbocycles. The second-order valence-electron chi connectivity index (χ2n) is 6.76. The second kappa shape index (κ2) is 8.12. The Bertz CT molecular complexity index is 576. The third-order valence-corrected chi connectivity index (χ3v) is 6.23. The van der Waals surface area contributed by atoms with Gasteiger partial charge in [0.1, 0.15) is 0 Å².